The lowest BCUT2D eigenvalue weighted by atomic mass is 10.1. The third kappa shape index (κ3) is 5.96. The summed E-state index contributed by atoms with van der Waals surface area (Å²) in [4.78, 5) is 23.9. The number of hydrogen-bond acceptors (Lipinski definition) is 6. The van der Waals surface area contributed by atoms with Crippen LogP contribution < -0.4 is 14.2 Å². The molecule has 6 nitrogen and oxygen atoms in total. The van der Waals surface area contributed by atoms with Crippen molar-refractivity contribution in [3.8, 4) is 17.2 Å². The Morgan fingerprint density at radius 3 is 2.48 bits per heavy atom. The maximum atomic E-state index is 13.7. The fourth-order valence-electron chi connectivity index (χ4n) is 2.42. The molecule has 0 saturated carbocycles. The van der Waals surface area contributed by atoms with Gasteiger partial charge in [-0.1, -0.05) is 11.6 Å². The van der Waals surface area contributed by atoms with Crippen LogP contribution in [0.3, 0.4) is 0 Å². The van der Waals surface area contributed by atoms with Crippen LogP contribution in [0.1, 0.15) is 22.8 Å². The average Bonchev–Trinajstić information content (AvgIpc) is 2.70. The number of rotatable bonds is 9. The Labute approximate surface area is 172 Å². The molecule has 154 valence electrons. The van der Waals surface area contributed by atoms with Crippen LogP contribution in [0.5, 0.6) is 17.2 Å². The van der Waals surface area contributed by atoms with Crippen molar-refractivity contribution in [2.45, 2.75) is 6.92 Å². The number of ketones is 1. The molecule has 0 saturated heterocycles. The monoisotopic (exact) mass is 422 g/mol. The Hall–Kier alpha value is -3.06. The quantitative estimate of drug-likeness (QED) is 0.340. The highest BCUT2D eigenvalue weighted by Gasteiger charge is 2.13. The maximum absolute atomic E-state index is 13.7. The van der Waals surface area contributed by atoms with Gasteiger partial charge in [-0.05, 0) is 48.9 Å². The number of methoxy groups -OCH3 is 2. The molecule has 0 amide bonds. The van der Waals surface area contributed by atoms with E-state index in [4.69, 9.17) is 30.5 Å². The van der Waals surface area contributed by atoms with Gasteiger partial charge in [0.15, 0.2) is 35.5 Å². The molecule has 0 atom stereocenters. The SMILES string of the molecule is CCOc1cc(/C=C/C(=O)OCC(=O)c2ccc(OC)c(F)c2)cc(Cl)c1OC. The summed E-state index contributed by atoms with van der Waals surface area (Å²) < 4.78 is 34.0. The van der Waals surface area contributed by atoms with Gasteiger partial charge in [0.05, 0.1) is 25.8 Å². The zero-order chi connectivity index (χ0) is 21.4. The molecule has 0 unspecified atom stereocenters. The minimum atomic E-state index is -0.739. The first-order valence-electron chi connectivity index (χ1n) is 8.61. The highest BCUT2D eigenvalue weighted by Crippen LogP contribution is 2.36. The van der Waals surface area contributed by atoms with Gasteiger partial charge in [0.2, 0.25) is 0 Å². The largest absolute Gasteiger partial charge is 0.494 e. The first-order chi connectivity index (χ1) is 13.9. The molecule has 0 spiro atoms. The predicted molar refractivity (Wildman–Crippen MR) is 106 cm³/mol. The molecule has 0 heterocycles. The van der Waals surface area contributed by atoms with Crippen molar-refractivity contribution in [1.29, 1.82) is 0 Å². The molecule has 2 aromatic rings. The summed E-state index contributed by atoms with van der Waals surface area (Å²) in [5.41, 5.74) is 0.656. The van der Waals surface area contributed by atoms with Gasteiger partial charge >= 0.3 is 5.97 Å². The van der Waals surface area contributed by atoms with Crippen molar-refractivity contribution in [2.75, 3.05) is 27.4 Å². The van der Waals surface area contributed by atoms with Gasteiger partial charge in [-0.25, -0.2) is 9.18 Å². The third-order valence-corrected chi connectivity index (χ3v) is 4.05. The predicted octanol–water partition coefficient (Wildman–Crippen LogP) is 4.33. The van der Waals surface area contributed by atoms with Crippen molar-refractivity contribution < 1.29 is 32.9 Å². The molecule has 0 aliphatic rings. The Morgan fingerprint density at radius 1 is 1.10 bits per heavy atom. The second-order valence-electron chi connectivity index (χ2n) is 5.68. The highest BCUT2D eigenvalue weighted by atomic mass is 35.5. The molecule has 0 aliphatic heterocycles. The number of hydrogen-bond donors (Lipinski definition) is 0. The number of ether oxygens (including phenoxy) is 4. The summed E-state index contributed by atoms with van der Waals surface area (Å²) in [6.45, 7) is 1.71. The number of benzene rings is 2. The molecule has 8 heteroatoms. The molecular formula is C21H20ClFO6. The third-order valence-electron chi connectivity index (χ3n) is 3.77. The smallest absolute Gasteiger partial charge is 0.331 e. The number of halogens is 2. The van der Waals surface area contributed by atoms with Gasteiger partial charge in [0.25, 0.3) is 0 Å². The molecule has 0 aliphatic carbocycles. The van der Waals surface area contributed by atoms with E-state index in [0.717, 1.165) is 12.1 Å². The van der Waals surface area contributed by atoms with E-state index < -0.39 is 24.2 Å². The lowest BCUT2D eigenvalue weighted by Gasteiger charge is -2.11. The number of carbonyl (C=O) groups excluding carboxylic acids is 2. The summed E-state index contributed by atoms with van der Waals surface area (Å²) in [7, 11) is 2.80. The molecular weight excluding hydrogens is 403 g/mol. The van der Waals surface area contributed by atoms with E-state index in [1.54, 1.807) is 12.1 Å². The first-order valence-corrected chi connectivity index (χ1v) is 8.99. The van der Waals surface area contributed by atoms with Gasteiger partial charge in [-0.3, -0.25) is 4.79 Å². The highest BCUT2D eigenvalue weighted by molar-refractivity contribution is 6.32. The van der Waals surface area contributed by atoms with Gasteiger partial charge in [0.1, 0.15) is 0 Å². The lowest BCUT2D eigenvalue weighted by molar-refractivity contribution is -0.136. The van der Waals surface area contributed by atoms with Crippen molar-refractivity contribution in [3.63, 3.8) is 0 Å². The Kier molecular flexibility index (Phi) is 8.03. The number of esters is 1. The minimum Gasteiger partial charge on any atom is -0.494 e. The normalized spacial score (nSPS) is 10.7. The summed E-state index contributed by atoms with van der Waals surface area (Å²) in [6, 6.07) is 7.00. The van der Waals surface area contributed by atoms with Crippen LogP contribution in [0.2, 0.25) is 5.02 Å². The van der Waals surface area contributed by atoms with Gasteiger partial charge in [-0.15, -0.1) is 0 Å². The van der Waals surface area contributed by atoms with Crippen molar-refractivity contribution >= 4 is 29.4 Å². The Bertz CT molecular complexity index is 926. The van der Waals surface area contributed by atoms with Crippen LogP contribution in [0.25, 0.3) is 6.08 Å². The van der Waals surface area contributed by atoms with Crippen LogP contribution >= 0.6 is 11.6 Å². The summed E-state index contributed by atoms with van der Waals surface area (Å²) in [5.74, 6) is -1.11. The summed E-state index contributed by atoms with van der Waals surface area (Å²) in [6.07, 6.45) is 2.61. The van der Waals surface area contributed by atoms with Crippen molar-refractivity contribution in [3.05, 3.63) is 58.4 Å². The standard InChI is InChI=1S/C21H20ClFO6/c1-4-28-19-10-13(9-15(22)21(19)27-3)5-8-20(25)29-12-17(24)14-6-7-18(26-2)16(23)11-14/h5-11H,4,12H2,1-3H3/b8-5+. The van der Waals surface area contributed by atoms with E-state index in [1.807, 2.05) is 6.92 Å². The molecule has 2 aromatic carbocycles. The second kappa shape index (κ2) is 10.5. The van der Waals surface area contributed by atoms with E-state index >= 15 is 0 Å². The van der Waals surface area contributed by atoms with E-state index in [9.17, 15) is 14.0 Å². The van der Waals surface area contributed by atoms with Crippen LogP contribution in [0, 0.1) is 5.82 Å². The van der Waals surface area contributed by atoms with Gasteiger partial charge < -0.3 is 18.9 Å². The molecule has 0 aromatic heterocycles. The lowest BCUT2D eigenvalue weighted by Crippen LogP contribution is -2.12. The fourth-order valence-corrected chi connectivity index (χ4v) is 2.71. The average molecular weight is 423 g/mol. The topological polar surface area (TPSA) is 71.1 Å². The zero-order valence-electron chi connectivity index (χ0n) is 16.2. The minimum absolute atomic E-state index is 0.0195. The van der Waals surface area contributed by atoms with Crippen LogP contribution in [0.15, 0.2) is 36.4 Å². The van der Waals surface area contributed by atoms with Crippen LogP contribution in [-0.2, 0) is 9.53 Å². The summed E-state index contributed by atoms with van der Waals surface area (Å²) >= 11 is 6.15. The Balaban J connectivity index is 2.01. The van der Waals surface area contributed by atoms with Gasteiger partial charge in [0, 0.05) is 11.6 Å². The van der Waals surface area contributed by atoms with E-state index in [1.165, 1.54) is 32.4 Å². The fraction of sp³-hybridized carbons (Fsp3) is 0.238. The van der Waals surface area contributed by atoms with E-state index in [0.29, 0.717) is 28.7 Å². The van der Waals surface area contributed by atoms with Gasteiger partial charge in [-0.2, -0.15) is 0 Å². The maximum Gasteiger partial charge on any atom is 0.331 e. The number of Topliss-reactive ketones (excluding diaryl/α,β-unsaturated/α-hetero) is 1. The van der Waals surface area contributed by atoms with Crippen LogP contribution in [0.4, 0.5) is 4.39 Å². The van der Waals surface area contributed by atoms with E-state index in [-0.39, 0.29) is 11.3 Å². The zero-order valence-corrected chi connectivity index (χ0v) is 16.9. The Morgan fingerprint density at radius 2 is 1.86 bits per heavy atom. The van der Waals surface area contributed by atoms with Crippen molar-refractivity contribution in [2.24, 2.45) is 0 Å². The number of carbonyl (C=O) groups is 2. The van der Waals surface area contributed by atoms with Crippen LogP contribution in [-0.4, -0.2) is 39.2 Å². The first kappa shape index (κ1) is 22.2. The molecule has 0 bridgehead atoms. The molecule has 0 fully saturated rings. The second-order valence-corrected chi connectivity index (χ2v) is 6.09. The molecule has 0 N–H and O–H groups in total. The van der Waals surface area contributed by atoms with Crippen molar-refractivity contribution in [1.82, 2.24) is 0 Å². The molecule has 0 radical (unpaired) electrons. The molecule has 2 rings (SSSR count). The van der Waals surface area contributed by atoms with E-state index in [2.05, 4.69) is 0 Å². The summed E-state index contributed by atoms with van der Waals surface area (Å²) in [5, 5.41) is 0.322. The molecule has 29 heavy (non-hydrogen) atoms.